The molecule has 1 aromatic rings. The molecule has 0 aliphatic heterocycles. The summed E-state index contributed by atoms with van der Waals surface area (Å²) in [6, 6.07) is 1.72. The molecule has 0 aliphatic carbocycles. The van der Waals surface area contributed by atoms with Crippen molar-refractivity contribution in [1.82, 2.24) is 15.5 Å². The third-order valence-electron chi connectivity index (χ3n) is 1.73. The Hall–Kier alpha value is -1.49. The molecule has 5 heteroatoms. The van der Waals surface area contributed by atoms with Crippen molar-refractivity contribution >= 4 is 5.91 Å². The zero-order valence-electron chi connectivity index (χ0n) is 8.10. The van der Waals surface area contributed by atoms with Crippen LogP contribution in [0.25, 0.3) is 0 Å². The van der Waals surface area contributed by atoms with Crippen LogP contribution in [0.5, 0.6) is 0 Å². The minimum absolute atomic E-state index is 0.103. The second-order valence-electron chi connectivity index (χ2n) is 3.15. The third-order valence-corrected chi connectivity index (χ3v) is 1.73. The van der Waals surface area contributed by atoms with Crippen LogP contribution in [0.15, 0.2) is 18.5 Å². The van der Waals surface area contributed by atoms with Crippen molar-refractivity contribution in [1.29, 1.82) is 0 Å². The van der Waals surface area contributed by atoms with Crippen molar-refractivity contribution < 1.29 is 4.79 Å². The molecule has 1 aromatic heterocycles. The van der Waals surface area contributed by atoms with Gasteiger partial charge in [-0.2, -0.15) is 10.2 Å². The van der Waals surface area contributed by atoms with Crippen LogP contribution in [0.3, 0.4) is 0 Å². The highest BCUT2D eigenvalue weighted by molar-refractivity contribution is 5.93. The van der Waals surface area contributed by atoms with E-state index in [1.54, 1.807) is 6.07 Å². The van der Waals surface area contributed by atoms with E-state index in [1.165, 1.54) is 12.4 Å². The minimum atomic E-state index is -0.138. The number of nitrogens with zero attached hydrogens (tertiary/aromatic N) is 2. The summed E-state index contributed by atoms with van der Waals surface area (Å²) in [4.78, 5) is 11.4. The Kier molecular flexibility index (Phi) is 4.00. The first-order valence-electron chi connectivity index (χ1n) is 4.50. The van der Waals surface area contributed by atoms with E-state index in [-0.39, 0.29) is 11.9 Å². The summed E-state index contributed by atoms with van der Waals surface area (Å²) in [7, 11) is 0. The van der Waals surface area contributed by atoms with Crippen molar-refractivity contribution in [2.75, 3.05) is 6.54 Å². The van der Waals surface area contributed by atoms with Crippen LogP contribution in [0, 0.1) is 0 Å². The Morgan fingerprint density at radius 1 is 1.64 bits per heavy atom. The van der Waals surface area contributed by atoms with Crippen molar-refractivity contribution in [2.45, 2.75) is 19.4 Å². The van der Waals surface area contributed by atoms with Gasteiger partial charge in [-0.15, -0.1) is 0 Å². The van der Waals surface area contributed by atoms with Gasteiger partial charge in [0.05, 0.1) is 18.0 Å². The van der Waals surface area contributed by atoms with Gasteiger partial charge in [0, 0.05) is 12.6 Å². The molecule has 0 fully saturated rings. The number of aromatic nitrogens is 2. The van der Waals surface area contributed by atoms with Crippen LogP contribution in [0.4, 0.5) is 0 Å². The fraction of sp³-hybridized carbons (Fsp3) is 0.444. The predicted octanol–water partition coefficient (Wildman–Crippen LogP) is -0.0563. The molecule has 0 radical (unpaired) electrons. The highest BCUT2D eigenvalue weighted by Crippen LogP contribution is 1.93. The lowest BCUT2D eigenvalue weighted by Gasteiger charge is -2.06. The Bertz CT molecular complexity index is 286. The summed E-state index contributed by atoms with van der Waals surface area (Å²) >= 11 is 0. The number of nitrogens with one attached hydrogen (secondary N) is 1. The van der Waals surface area contributed by atoms with E-state index in [9.17, 15) is 4.79 Å². The van der Waals surface area contributed by atoms with Gasteiger partial charge in [-0.05, 0) is 19.4 Å². The van der Waals surface area contributed by atoms with Crippen LogP contribution in [0.2, 0.25) is 0 Å². The number of hydrogen-bond donors (Lipinski definition) is 2. The van der Waals surface area contributed by atoms with Gasteiger partial charge in [-0.25, -0.2) is 0 Å². The van der Waals surface area contributed by atoms with Crippen LogP contribution in [-0.4, -0.2) is 28.7 Å². The molecular weight excluding hydrogens is 180 g/mol. The second-order valence-corrected chi connectivity index (χ2v) is 3.15. The first kappa shape index (κ1) is 10.6. The number of hydrogen-bond acceptors (Lipinski definition) is 4. The normalized spacial score (nSPS) is 12.1. The van der Waals surface area contributed by atoms with E-state index in [4.69, 9.17) is 5.73 Å². The topological polar surface area (TPSA) is 80.9 Å². The fourth-order valence-electron chi connectivity index (χ4n) is 0.940. The van der Waals surface area contributed by atoms with Crippen molar-refractivity contribution in [3.8, 4) is 0 Å². The summed E-state index contributed by atoms with van der Waals surface area (Å²) in [6.07, 6.45) is 3.69. The molecule has 76 valence electrons. The maximum Gasteiger partial charge on any atom is 0.252 e. The molecule has 1 heterocycles. The lowest BCUT2D eigenvalue weighted by atomic mass is 10.2. The molecular formula is C9H14N4O. The summed E-state index contributed by atoms with van der Waals surface area (Å²) in [5, 5.41) is 9.94. The first-order valence-corrected chi connectivity index (χ1v) is 4.50. The Balaban J connectivity index is 2.36. The molecule has 0 bridgehead atoms. The molecule has 0 aliphatic rings. The molecule has 0 saturated carbocycles. The Morgan fingerprint density at radius 2 is 2.43 bits per heavy atom. The molecule has 1 atom stereocenters. The van der Waals surface area contributed by atoms with Gasteiger partial charge in [0.15, 0.2) is 0 Å². The number of amides is 1. The van der Waals surface area contributed by atoms with Gasteiger partial charge >= 0.3 is 0 Å². The average Bonchev–Trinajstić information content (AvgIpc) is 2.18. The van der Waals surface area contributed by atoms with Crippen LogP contribution in [-0.2, 0) is 0 Å². The van der Waals surface area contributed by atoms with E-state index in [0.29, 0.717) is 12.1 Å². The van der Waals surface area contributed by atoms with E-state index in [0.717, 1.165) is 6.42 Å². The average molecular weight is 194 g/mol. The number of nitrogens with two attached hydrogens (primary N) is 1. The molecule has 1 amide bonds. The smallest absolute Gasteiger partial charge is 0.252 e. The van der Waals surface area contributed by atoms with Crippen LogP contribution >= 0.6 is 0 Å². The molecule has 1 rings (SSSR count). The molecule has 5 nitrogen and oxygen atoms in total. The maximum atomic E-state index is 11.4. The van der Waals surface area contributed by atoms with Gasteiger partial charge in [0.1, 0.15) is 0 Å². The summed E-state index contributed by atoms with van der Waals surface area (Å²) < 4.78 is 0. The van der Waals surface area contributed by atoms with E-state index < -0.39 is 0 Å². The first-order chi connectivity index (χ1) is 6.70. The zero-order chi connectivity index (χ0) is 10.4. The molecule has 1 unspecified atom stereocenters. The highest BCUT2D eigenvalue weighted by atomic mass is 16.1. The van der Waals surface area contributed by atoms with E-state index in [2.05, 4.69) is 15.5 Å². The molecule has 0 spiro atoms. The Labute approximate surface area is 82.7 Å². The van der Waals surface area contributed by atoms with E-state index >= 15 is 0 Å². The highest BCUT2D eigenvalue weighted by Gasteiger charge is 2.04. The quantitative estimate of drug-likeness (QED) is 0.703. The minimum Gasteiger partial charge on any atom is -0.352 e. The largest absolute Gasteiger partial charge is 0.352 e. The van der Waals surface area contributed by atoms with Gasteiger partial charge in [-0.1, -0.05) is 0 Å². The lowest BCUT2D eigenvalue weighted by Crippen LogP contribution is -2.29. The second kappa shape index (κ2) is 5.29. The lowest BCUT2D eigenvalue weighted by molar-refractivity contribution is 0.0952. The molecule has 14 heavy (non-hydrogen) atoms. The zero-order valence-corrected chi connectivity index (χ0v) is 8.10. The van der Waals surface area contributed by atoms with E-state index in [1.807, 2.05) is 6.92 Å². The standard InChI is InChI=1S/C9H14N4O/c1-7(10)2-4-11-9(14)8-3-5-12-13-6-8/h3,5-7H,2,4,10H2,1H3,(H,11,14). The summed E-state index contributed by atoms with van der Waals surface area (Å²) in [6.45, 7) is 2.49. The molecule has 3 N–H and O–H groups in total. The number of rotatable bonds is 4. The summed E-state index contributed by atoms with van der Waals surface area (Å²) in [5.74, 6) is -0.138. The number of carbonyl (C=O) groups is 1. The van der Waals surface area contributed by atoms with Gasteiger partial charge in [0.2, 0.25) is 0 Å². The van der Waals surface area contributed by atoms with Crippen molar-refractivity contribution in [2.24, 2.45) is 5.73 Å². The fourth-order valence-corrected chi connectivity index (χ4v) is 0.940. The van der Waals surface area contributed by atoms with Gasteiger partial charge < -0.3 is 11.1 Å². The molecule has 0 aromatic carbocycles. The maximum absolute atomic E-state index is 11.4. The SMILES string of the molecule is CC(N)CCNC(=O)c1ccnnc1. The monoisotopic (exact) mass is 194 g/mol. The van der Waals surface area contributed by atoms with Gasteiger partial charge in [-0.3, -0.25) is 4.79 Å². The molecule has 0 saturated heterocycles. The van der Waals surface area contributed by atoms with Crippen molar-refractivity contribution in [3.63, 3.8) is 0 Å². The van der Waals surface area contributed by atoms with Crippen LogP contribution < -0.4 is 11.1 Å². The third kappa shape index (κ3) is 3.49. The Morgan fingerprint density at radius 3 is 3.00 bits per heavy atom. The summed E-state index contributed by atoms with van der Waals surface area (Å²) in [5.41, 5.74) is 6.06. The predicted molar refractivity (Wildman–Crippen MR) is 52.6 cm³/mol. The van der Waals surface area contributed by atoms with Crippen molar-refractivity contribution in [3.05, 3.63) is 24.0 Å². The van der Waals surface area contributed by atoms with Gasteiger partial charge in [0.25, 0.3) is 5.91 Å². The van der Waals surface area contributed by atoms with Crippen LogP contribution in [0.1, 0.15) is 23.7 Å². The number of carbonyl (C=O) groups excluding carboxylic acids is 1.